The molecule has 0 unspecified atom stereocenters. The van der Waals surface area contributed by atoms with Gasteiger partial charge in [-0.25, -0.2) is 0 Å². The standard InChI is InChI=1S/C9H9ClO3/c1-5-6(11)4-7-9(8(5)10)13-3-2-12-7/h4,11H,2-3H2,1H3. The zero-order valence-electron chi connectivity index (χ0n) is 7.13. The zero-order chi connectivity index (χ0) is 9.42. The normalized spacial score (nSPS) is 14.3. The Morgan fingerprint density at radius 3 is 2.85 bits per heavy atom. The number of ether oxygens (including phenoxy) is 2. The van der Waals surface area contributed by atoms with Crippen molar-refractivity contribution in [2.75, 3.05) is 13.2 Å². The third kappa shape index (κ3) is 1.29. The Morgan fingerprint density at radius 1 is 1.38 bits per heavy atom. The van der Waals surface area contributed by atoms with Crippen molar-refractivity contribution in [2.45, 2.75) is 6.92 Å². The van der Waals surface area contributed by atoms with Gasteiger partial charge in [-0.2, -0.15) is 0 Å². The van der Waals surface area contributed by atoms with Crippen LogP contribution in [-0.4, -0.2) is 18.3 Å². The van der Waals surface area contributed by atoms with E-state index in [-0.39, 0.29) is 5.75 Å². The number of phenolic OH excluding ortho intramolecular Hbond substituents is 1. The predicted molar refractivity (Wildman–Crippen MR) is 48.8 cm³/mol. The fourth-order valence-electron chi connectivity index (χ4n) is 1.23. The van der Waals surface area contributed by atoms with Crippen LogP contribution < -0.4 is 9.47 Å². The van der Waals surface area contributed by atoms with E-state index in [0.29, 0.717) is 35.3 Å². The molecule has 1 aromatic carbocycles. The van der Waals surface area contributed by atoms with E-state index in [4.69, 9.17) is 21.1 Å². The molecule has 1 N–H and O–H groups in total. The summed E-state index contributed by atoms with van der Waals surface area (Å²) in [7, 11) is 0. The van der Waals surface area contributed by atoms with Gasteiger partial charge in [-0.15, -0.1) is 0 Å². The third-order valence-electron chi connectivity index (χ3n) is 1.99. The molecule has 0 saturated carbocycles. The topological polar surface area (TPSA) is 38.7 Å². The van der Waals surface area contributed by atoms with Crippen LogP contribution in [0.1, 0.15) is 5.56 Å². The van der Waals surface area contributed by atoms with Crippen LogP contribution in [0, 0.1) is 6.92 Å². The van der Waals surface area contributed by atoms with Crippen LogP contribution in [0.3, 0.4) is 0 Å². The SMILES string of the molecule is Cc1c(O)cc2c(c1Cl)OCCO2. The lowest BCUT2D eigenvalue weighted by molar-refractivity contribution is 0.171. The van der Waals surface area contributed by atoms with Crippen molar-refractivity contribution in [3.8, 4) is 17.2 Å². The summed E-state index contributed by atoms with van der Waals surface area (Å²) in [6.45, 7) is 2.72. The van der Waals surface area contributed by atoms with E-state index < -0.39 is 0 Å². The van der Waals surface area contributed by atoms with Gasteiger partial charge in [0.05, 0.1) is 5.02 Å². The Labute approximate surface area is 80.8 Å². The Kier molecular flexibility index (Phi) is 1.96. The molecule has 3 nitrogen and oxygen atoms in total. The molecular weight excluding hydrogens is 192 g/mol. The van der Waals surface area contributed by atoms with Crippen LogP contribution in [0.5, 0.6) is 17.2 Å². The van der Waals surface area contributed by atoms with Crippen LogP contribution in [0.4, 0.5) is 0 Å². The highest BCUT2D eigenvalue weighted by Gasteiger charge is 2.19. The molecule has 0 atom stereocenters. The summed E-state index contributed by atoms with van der Waals surface area (Å²) in [4.78, 5) is 0. The molecule has 1 aliphatic heterocycles. The number of halogens is 1. The average molecular weight is 201 g/mol. The first-order valence-electron chi connectivity index (χ1n) is 3.98. The molecule has 0 bridgehead atoms. The van der Waals surface area contributed by atoms with Gasteiger partial charge in [0.25, 0.3) is 0 Å². The van der Waals surface area contributed by atoms with E-state index in [1.807, 2.05) is 0 Å². The monoisotopic (exact) mass is 200 g/mol. The van der Waals surface area contributed by atoms with Crippen LogP contribution in [0.25, 0.3) is 0 Å². The summed E-state index contributed by atoms with van der Waals surface area (Å²) in [5.74, 6) is 1.18. The van der Waals surface area contributed by atoms with E-state index >= 15 is 0 Å². The molecule has 1 aliphatic rings. The smallest absolute Gasteiger partial charge is 0.180 e. The molecule has 0 amide bonds. The van der Waals surface area contributed by atoms with E-state index in [9.17, 15) is 5.11 Å². The van der Waals surface area contributed by atoms with Gasteiger partial charge >= 0.3 is 0 Å². The fraction of sp³-hybridized carbons (Fsp3) is 0.333. The minimum absolute atomic E-state index is 0.134. The van der Waals surface area contributed by atoms with Crippen molar-refractivity contribution in [2.24, 2.45) is 0 Å². The summed E-state index contributed by atoms with van der Waals surface area (Å²) in [6, 6.07) is 1.52. The number of benzene rings is 1. The van der Waals surface area contributed by atoms with Gasteiger partial charge in [0.1, 0.15) is 19.0 Å². The maximum Gasteiger partial charge on any atom is 0.180 e. The number of aromatic hydroxyl groups is 1. The number of rotatable bonds is 0. The first kappa shape index (κ1) is 8.51. The van der Waals surface area contributed by atoms with Crippen molar-refractivity contribution in [1.29, 1.82) is 0 Å². The van der Waals surface area contributed by atoms with Crippen molar-refractivity contribution in [1.82, 2.24) is 0 Å². The molecular formula is C9H9ClO3. The summed E-state index contributed by atoms with van der Waals surface area (Å²) < 4.78 is 10.6. The van der Waals surface area contributed by atoms with Crippen LogP contribution >= 0.6 is 11.6 Å². The lowest BCUT2D eigenvalue weighted by Gasteiger charge is -2.20. The summed E-state index contributed by atoms with van der Waals surface area (Å²) >= 11 is 5.95. The molecule has 0 saturated heterocycles. The molecule has 1 aromatic rings. The number of hydrogen-bond acceptors (Lipinski definition) is 3. The van der Waals surface area contributed by atoms with Gasteiger partial charge < -0.3 is 14.6 Å². The highest BCUT2D eigenvalue weighted by molar-refractivity contribution is 6.33. The van der Waals surface area contributed by atoms with Gasteiger partial charge in [-0.1, -0.05) is 11.6 Å². The first-order valence-corrected chi connectivity index (χ1v) is 4.35. The quantitative estimate of drug-likeness (QED) is 0.697. The first-order chi connectivity index (χ1) is 6.20. The second-order valence-electron chi connectivity index (χ2n) is 2.86. The highest BCUT2D eigenvalue weighted by atomic mass is 35.5. The predicted octanol–water partition coefficient (Wildman–Crippen LogP) is 2.13. The van der Waals surface area contributed by atoms with E-state index in [0.717, 1.165) is 0 Å². The molecule has 1 heterocycles. The van der Waals surface area contributed by atoms with Crippen molar-refractivity contribution < 1.29 is 14.6 Å². The summed E-state index contributed by atoms with van der Waals surface area (Å²) in [5.41, 5.74) is 0.617. The van der Waals surface area contributed by atoms with Gasteiger partial charge in [-0.3, -0.25) is 0 Å². The summed E-state index contributed by atoms with van der Waals surface area (Å²) in [5, 5.41) is 9.86. The van der Waals surface area contributed by atoms with Gasteiger partial charge in [0.2, 0.25) is 0 Å². The zero-order valence-corrected chi connectivity index (χ0v) is 7.89. The molecule has 0 spiro atoms. The van der Waals surface area contributed by atoms with Gasteiger partial charge in [0.15, 0.2) is 11.5 Å². The van der Waals surface area contributed by atoms with Gasteiger partial charge in [-0.05, 0) is 6.92 Å². The lowest BCUT2D eigenvalue weighted by Crippen LogP contribution is -2.15. The van der Waals surface area contributed by atoms with E-state index in [2.05, 4.69) is 0 Å². The summed E-state index contributed by atoms with van der Waals surface area (Å²) in [6.07, 6.45) is 0. The molecule has 4 heteroatoms. The second-order valence-corrected chi connectivity index (χ2v) is 3.24. The molecule has 0 aromatic heterocycles. The maximum absolute atomic E-state index is 9.44. The average Bonchev–Trinajstić information content (AvgIpc) is 2.15. The Balaban J connectivity index is 2.60. The fourth-order valence-corrected chi connectivity index (χ4v) is 1.47. The number of fused-ring (bicyclic) bond motifs is 1. The Morgan fingerprint density at radius 2 is 2.08 bits per heavy atom. The van der Waals surface area contributed by atoms with Crippen molar-refractivity contribution in [3.05, 3.63) is 16.7 Å². The second kappa shape index (κ2) is 3.00. The molecule has 0 aliphatic carbocycles. The molecule has 0 radical (unpaired) electrons. The highest BCUT2D eigenvalue weighted by Crippen LogP contribution is 2.43. The van der Waals surface area contributed by atoms with Gasteiger partial charge in [0, 0.05) is 11.6 Å². The lowest BCUT2D eigenvalue weighted by atomic mass is 10.2. The van der Waals surface area contributed by atoms with E-state index in [1.165, 1.54) is 6.07 Å². The Bertz CT molecular complexity index is 349. The molecule has 0 fully saturated rings. The van der Waals surface area contributed by atoms with Crippen molar-refractivity contribution in [3.63, 3.8) is 0 Å². The maximum atomic E-state index is 9.44. The van der Waals surface area contributed by atoms with Crippen LogP contribution in [-0.2, 0) is 0 Å². The van der Waals surface area contributed by atoms with Crippen LogP contribution in [0.2, 0.25) is 5.02 Å². The minimum Gasteiger partial charge on any atom is -0.507 e. The Hall–Kier alpha value is -1.09. The third-order valence-corrected chi connectivity index (χ3v) is 2.45. The molecule has 13 heavy (non-hydrogen) atoms. The molecule has 2 rings (SSSR count). The molecule has 70 valence electrons. The largest absolute Gasteiger partial charge is 0.507 e. The number of hydrogen-bond donors (Lipinski definition) is 1. The number of phenols is 1. The van der Waals surface area contributed by atoms with Crippen molar-refractivity contribution >= 4 is 11.6 Å². The van der Waals surface area contributed by atoms with Crippen LogP contribution in [0.15, 0.2) is 6.07 Å². The minimum atomic E-state index is 0.134. The van der Waals surface area contributed by atoms with E-state index in [1.54, 1.807) is 6.92 Å².